The highest BCUT2D eigenvalue weighted by molar-refractivity contribution is 7.99. The van der Waals surface area contributed by atoms with Crippen molar-refractivity contribution in [1.82, 2.24) is 4.90 Å². The summed E-state index contributed by atoms with van der Waals surface area (Å²) in [5, 5.41) is 9.06. The minimum absolute atomic E-state index is 0.0145. The van der Waals surface area contributed by atoms with Crippen LogP contribution in [0, 0.1) is 0 Å². The lowest BCUT2D eigenvalue weighted by Crippen LogP contribution is -2.47. The van der Waals surface area contributed by atoms with Gasteiger partial charge in [-0.15, -0.1) is 0 Å². The number of hydrogen-bond donors (Lipinski definition) is 1. The molecule has 1 aliphatic heterocycles. The number of hydrogen-bond acceptors (Lipinski definition) is 5. The van der Waals surface area contributed by atoms with Crippen LogP contribution >= 0.6 is 11.8 Å². The van der Waals surface area contributed by atoms with Crippen LogP contribution in [0.5, 0.6) is 0 Å². The third kappa shape index (κ3) is 3.99. The molecule has 2 heterocycles. The predicted octanol–water partition coefficient (Wildman–Crippen LogP) is 3.18. The first-order valence-electron chi connectivity index (χ1n) is 8.27. The van der Waals surface area contributed by atoms with Crippen LogP contribution in [0.15, 0.2) is 40.8 Å². The van der Waals surface area contributed by atoms with Gasteiger partial charge in [0.25, 0.3) is 5.91 Å². The minimum Gasteiger partial charge on any atom is -0.481 e. The normalized spacial score (nSPS) is 17.1. The summed E-state index contributed by atoms with van der Waals surface area (Å²) in [6.45, 7) is 2.01. The van der Waals surface area contributed by atoms with Crippen molar-refractivity contribution in [2.75, 3.05) is 18.1 Å². The summed E-state index contributed by atoms with van der Waals surface area (Å²) >= 11 is 1.65. The van der Waals surface area contributed by atoms with Gasteiger partial charge in [0, 0.05) is 29.2 Å². The Morgan fingerprint density at radius 1 is 1.19 bits per heavy atom. The van der Waals surface area contributed by atoms with Crippen LogP contribution in [-0.4, -0.2) is 51.8 Å². The predicted molar refractivity (Wildman–Crippen MR) is 98.6 cm³/mol. The van der Waals surface area contributed by atoms with Gasteiger partial charge >= 0.3 is 5.97 Å². The topological polar surface area (TPSA) is 87.8 Å². The van der Waals surface area contributed by atoms with Gasteiger partial charge in [0.05, 0.1) is 12.5 Å². The molecule has 2 aromatic rings. The van der Waals surface area contributed by atoms with Crippen molar-refractivity contribution in [3.8, 4) is 11.3 Å². The van der Waals surface area contributed by atoms with E-state index in [1.807, 2.05) is 0 Å². The zero-order valence-corrected chi connectivity index (χ0v) is 15.1. The number of carboxylic acid groups (broad SMARTS) is 1. The lowest BCUT2D eigenvalue weighted by atomic mass is 10.1. The molecule has 7 heteroatoms. The van der Waals surface area contributed by atoms with Crippen molar-refractivity contribution in [1.29, 1.82) is 0 Å². The molecule has 0 bridgehead atoms. The number of aliphatic carboxylic acids is 1. The van der Waals surface area contributed by atoms with Crippen LogP contribution < -0.4 is 0 Å². The van der Waals surface area contributed by atoms with Crippen molar-refractivity contribution in [3.63, 3.8) is 0 Å². The van der Waals surface area contributed by atoms with E-state index in [1.165, 1.54) is 6.92 Å². The molecule has 1 aromatic carbocycles. The molecule has 1 amide bonds. The lowest BCUT2D eigenvalue weighted by molar-refractivity contribution is -0.138. The molecule has 1 N–H and O–H groups in total. The number of carbonyl (C=O) groups is 3. The van der Waals surface area contributed by atoms with Crippen LogP contribution in [-0.2, 0) is 4.79 Å². The standard InChI is InChI=1S/C19H19NO5S/c1-12(21)13-2-4-14(5-3-13)16-6-7-17(25-16)19(24)20-8-9-26-11-15(20)10-18(22)23/h2-7,15H,8-11H2,1H3,(H,22,23). The van der Waals surface area contributed by atoms with E-state index >= 15 is 0 Å². The Hall–Kier alpha value is -2.54. The third-order valence-electron chi connectivity index (χ3n) is 4.29. The van der Waals surface area contributed by atoms with Crippen molar-refractivity contribution < 1.29 is 23.9 Å². The highest BCUT2D eigenvalue weighted by Crippen LogP contribution is 2.26. The number of nitrogens with zero attached hydrogens (tertiary/aromatic N) is 1. The Labute approximate surface area is 155 Å². The Bertz CT molecular complexity index is 827. The molecule has 136 valence electrons. The van der Waals surface area contributed by atoms with E-state index in [9.17, 15) is 14.4 Å². The van der Waals surface area contributed by atoms with Crippen LogP contribution in [0.25, 0.3) is 11.3 Å². The van der Waals surface area contributed by atoms with Gasteiger partial charge in [0.15, 0.2) is 11.5 Å². The van der Waals surface area contributed by atoms with Crippen LogP contribution in [0.2, 0.25) is 0 Å². The summed E-state index contributed by atoms with van der Waals surface area (Å²) in [5.74, 6) is 0.894. The fourth-order valence-electron chi connectivity index (χ4n) is 2.91. The van der Waals surface area contributed by atoms with Gasteiger partial charge in [-0.25, -0.2) is 0 Å². The molecule has 6 nitrogen and oxygen atoms in total. The molecule has 0 spiro atoms. The fourth-order valence-corrected chi connectivity index (χ4v) is 3.97. The second-order valence-corrected chi connectivity index (χ2v) is 7.27. The number of carboxylic acids is 1. The molecule has 0 radical (unpaired) electrons. The first kappa shape index (κ1) is 18.3. The maximum absolute atomic E-state index is 12.8. The van der Waals surface area contributed by atoms with E-state index in [0.29, 0.717) is 23.6 Å². The Morgan fingerprint density at radius 3 is 2.58 bits per heavy atom. The summed E-state index contributed by atoms with van der Waals surface area (Å²) in [6, 6.07) is 9.96. The van der Waals surface area contributed by atoms with E-state index in [4.69, 9.17) is 9.52 Å². The average Bonchev–Trinajstić information content (AvgIpc) is 3.11. The molecule has 1 aliphatic rings. The lowest BCUT2D eigenvalue weighted by Gasteiger charge is -2.33. The Kier molecular flexibility index (Phi) is 5.46. The number of rotatable bonds is 5. The Morgan fingerprint density at radius 2 is 1.92 bits per heavy atom. The first-order valence-corrected chi connectivity index (χ1v) is 9.43. The smallest absolute Gasteiger partial charge is 0.305 e. The van der Waals surface area contributed by atoms with Crippen LogP contribution in [0.4, 0.5) is 0 Å². The van der Waals surface area contributed by atoms with Gasteiger partial charge < -0.3 is 14.4 Å². The summed E-state index contributed by atoms with van der Waals surface area (Å²) in [6.07, 6.45) is -0.0706. The molecular weight excluding hydrogens is 354 g/mol. The fraction of sp³-hybridized carbons (Fsp3) is 0.316. The molecule has 1 unspecified atom stereocenters. The van der Waals surface area contributed by atoms with Gasteiger partial charge in [0.1, 0.15) is 5.76 Å². The molecular formula is C19H19NO5S. The van der Waals surface area contributed by atoms with E-state index in [2.05, 4.69) is 0 Å². The van der Waals surface area contributed by atoms with Gasteiger partial charge in [-0.3, -0.25) is 14.4 Å². The number of benzene rings is 1. The SMILES string of the molecule is CC(=O)c1ccc(-c2ccc(C(=O)N3CCSCC3CC(=O)O)o2)cc1. The highest BCUT2D eigenvalue weighted by Gasteiger charge is 2.31. The molecule has 1 atom stereocenters. The summed E-state index contributed by atoms with van der Waals surface area (Å²) < 4.78 is 5.71. The number of amides is 1. The third-order valence-corrected chi connectivity index (χ3v) is 5.38. The van der Waals surface area contributed by atoms with Crippen molar-refractivity contribution >= 4 is 29.4 Å². The first-order chi connectivity index (χ1) is 12.5. The largest absolute Gasteiger partial charge is 0.481 e. The van der Waals surface area contributed by atoms with Crippen molar-refractivity contribution in [2.45, 2.75) is 19.4 Å². The molecule has 1 aromatic heterocycles. The number of ketones is 1. The number of thioether (sulfide) groups is 1. The van der Waals surface area contributed by atoms with Gasteiger partial charge in [-0.2, -0.15) is 11.8 Å². The van der Waals surface area contributed by atoms with Crippen LogP contribution in [0.1, 0.15) is 34.3 Å². The molecule has 3 rings (SSSR count). The summed E-state index contributed by atoms with van der Waals surface area (Å²) in [7, 11) is 0. The molecule has 0 saturated carbocycles. The second-order valence-electron chi connectivity index (χ2n) is 6.12. The van der Waals surface area contributed by atoms with Gasteiger partial charge in [-0.05, 0) is 19.1 Å². The highest BCUT2D eigenvalue weighted by atomic mass is 32.2. The van der Waals surface area contributed by atoms with Gasteiger partial charge in [0.2, 0.25) is 0 Å². The average molecular weight is 373 g/mol. The molecule has 0 aliphatic carbocycles. The van der Waals surface area contributed by atoms with E-state index in [-0.39, 0.29) is 29.9 Å². The molecule has 1 fully saturated rings. The number of carbonyl (C=O) groups excluding carboxylic acids is 2. The molecule has 1 saturated heterocycles. The summed E-state index contributed by atoms with van der Waals surface area (Å²) in [4.78, 5) is 36.7. The zero-order chi connectivity index (χ0) is 18.7. The van der Waals surface area contributed by atoms with E-state index < -0.39 is 5.97 Å². The molecule has 26 heavy (non-hydrogen) atoms. The Balaban J connectivity index is 1.78. The quantitative estimate of drug-likeness (QED) is 0.810. The van der Waals surface area contributed by atoms with Crippen molar-refractivity contribution in [3.05, 3.63) is 47.7 Å². The second kappa shape index (κ2) is 7.78. The maximum Gasteiger partial charge on any atom is 0.305 e. The monoisotopic (exact) mass is 373 g/mol. The van der Waals surface area contributed by atoms with Crippen LogP contribution in [0.3, 0.4) is 0 Å². The number of furan rings is 1. The van der Waals surface area contributed by atoms with E-state index in [0.717, 1.165) is 11.3 Å². The zero-order valence-electron chi connectivity index (χ0n) is 14.3. The van der Waals surface area contributed by atoms with Crippen molar-refractivity contribution in [2.24, 2.45) is 0 Å². The number of Topliss-reactive ketones (excluding diaryl/α,β-unsaturated/α-hetero) is 1. The van der Waals surface area contributed by atoms with Gasteiger partial charge in [-0.1, -0.05) is 24.3 Å². The maximum atomic E-state index is 12.8. The minimum atomic E-state index is -0.916. The van der Waals surface area contributed by atoms with E-state index in [1.54, 1.807) is 53.1 Å². The summed E-state index contributed by atoms with van der Waals surface area (Å²) in [5.41, 5.74) is 1.38.